The van der Waals surface area contributed by atoms with E-state index in [4.69, 9.17) is 28.4 Å². The number of rotatable bonds is 3. The Bertz CT molecular complexity index is 1090. The molecule has 0 aromatic carbocycles. The summed E-state index contributed by atoms with van der Waals surface area (Å²) in [6.07, 6.45) is -0.822. The van der Waals surface area contributed by atoms with Crippen molar-refractivity contribution in [1.82, 2.24) is 0 Å². The lowest BCUT2D eigenvalue weighted by molar-refractivity contribution is -0.309. The summed E-state index contributed by atoms with van der Waals surface area (Å²) in [5.74, 6) is -3.72. The third kappa shape index (κ3) is 4.20. The molecule has 0 amide bonds. The van der Waals surface area contributed by atoms with Gasteiger partial charge in [-0.25, -0.2) is 4.79 Å². The highest BCUT2D eigenvalue weighted by Crippen LogP contribution is 2.56. The molecule has 4 heterocycles. The number of aliphatic hydroxyl groups is 3. The minimum absolute atomic E-state index is 0.122. The molecular weight excluding hydrogens is 512 g/mol. The topological polar surface area (TPSA) is 150 Å². The lowest BCUT2D eigenvalue weighted by atomic mass is 9.55. The Kier molecular flexibility index (Phi) is 6.73. The van der Waals surface area contributed by atoms with Crippen LogP contribution < -0.4 is 0 Å². The van der Waals surface area contributed by atoms with Gasteiger partial charge in [0.15, 0.2) is 6.29 Å². The average molecular weight is 551 g/mol. The molecule has 2 aliphatic carbocycles. The number of hydrogen-bond acceptors (Lipinski definition) is 11. The van der Waals surface area contributed by atoms with Crippen molar-refractivity contribution >= 4 is 11.9 Å². The Morgan fingerprint density at radius 3 is 2.64 bits per heavy atom. The van der Waals surface area contributed by atoms with Crippen molar-refractivity contribution in [2.75, 3.05) is 13.7 Å². The summed E-state index contributed by atoms with van der Waals surface area (Å²) in [5.41, 5.74) is 0.973. The molecule has 0 bridgehead atoms. The Balaban J connectivity index is 1.25. The van der Waals surface area contributed by atoms with Crippen LogP contribution in [-0.2, 0) is 38.0 Å². The molecule has 13 unspecified atom stereocenters. The highest BCUT2D eigenvalue weighted by atomic mass is 16.7. The highest BCUT2D eigenvalue weighted by molar-refractivity contribution is 5.92. The zero-order valence-corrected chi connectivity index (χ0v) is 22.6. The molecule has 4 fully saturated rings. The number of fused-ring (bicyclic) bond motifs is 3. The zero-order chi connectivity index (χ0) is 27.9. The summed E-state index contributed by atoms with van der Waals surface area (Å²) in [4.78, 5) is 26.3. The van der Waals surface area contributed by atoms with E-state index >= 15 is 0 Å². The van der Waals surface area contributed by atoms with Gasteiger partial charge < -0.3 is 43.7 Å². The van der Waals surface area contributed by atoms with Crippen molar-refractivity contribution in [2.45, 2.75) is 101 Å². The van der Waals surface area contributed by atoms with Gasteiger partial charge in [0.1, 0.15) is 24.4 Å². The van der Waals surface area contributed by atoms with Crippen LogP contribution in [0.2, 0.25) is 0 Å². The summed E-state index contributed by atoms with van der Waals surface area (Å²) >= 11 is 0. The number of carbonyl (C=O) groups is 2. The minimum Gasteiger partial charge on any atom is -0.459 e. The van der Waals surface area contributed by atoms with Crippen LogP contribution in [0, 0.1) is 23.2 Å². The fraction of sp³-hybridized carbons (Fsp3) is 0.786. The first kappa shape index (κ1) is 27.3. The second kappa shape index (κ2) is 9.61. The molecule has 4 aliphatic heterocycles. The molecule has 39 heavy (non-hydrogen) atoms. The molecule has 1 saturated carbocycles. The molecule has 0 spiro atoms. The van der Waals surface area contributed by atoms with E-state index in [1.807, 2.05) is 6.08 Å². The van der Waals surface area contributed by atoms with Gasteiger partial charge in [0.2, 0.25) is 5.79 Å². The van der Waals surface area contributed by atoms with E-state index in [2.05, 4.69) is 6.92 Å². The number of carbonyl (C=O) groups excluding carboxylic acids is 2. The van der Waals surface area contributed by atoms with Crippen LogP contribution in [0.4, 0.5) is 0 Å². The lowest BCUT2D eigenvalue weighted by Gasteiger charge is -2.51. The smallest absolute Gasteiger partial charge is 0.336 e. The maximum atomic E-state index is 13.5. The Labute approximate surface area is 227 Å². The van der Waals surface area contributed by atoms with Crippen molar-refractivity contribution in [3.8, 4) is 0 Å². The van der Waals surface area contributed by atoms with Gasteiger partial charge in [0.05, 0.1) is 36.8 Å². The van der Waals surface area contributed by atoms with Crippen molar-refractivity contribution in [2.24, 2.45) is 23.2 Å². The summed E-state index contributed by atoms with van der Waals surface area (Å²) in [6, 6.07) is 0. The number of hydrogen-bond donors (Lipinski definition) is 3. The molecule has 13 atom stereocenters. The Hall–Kier alpha value is -1.86. The van der Waals surface area contributed by atoms with Gasteiger partial charge in [-0.05, 0) is 43.9 Å². The zero-order valence-electron chi connectivity index (χ0n) is 22.6. The summed E-state index contributed by atoms with van der Waals surface area (Å²) in [7, 11) is 1.42. The van der Waals surface area contributed by atoms with Crippen molar-refractivity contribution in [3.05, 3.63) is 23.3 Å². The first-order valence-corrected chi connectivity index (χ1v) is 13.8. The van der Waals surface area contributed by atoms with Crippen LogP contribution in [-0.4, -0.2) is 95.8 Å². The van der Waals surface area contributed by atoms with Crippen LogP contribution in [0.1, 0.15) is 46.5 Å². The number of ether oxygens (including phenoxy) is 6. The predicted molar refractivity (Wildman–Crippen MR) is 132 cm³/mol. The van der Waals surface area contributed by atoms with E-state index < -0.39 is 77.9 Å². The monoisotopic (exact) mass is 550 g/mol. The maximum absolute atomic E-state index is 13.5. The molecule has 0 aromatic rings. The van der Waals surface area contributed by atoms with Gasteiger partial charge in [-0.3, -0.25) is 4.79 Å². The van der Waals surface area contributed by atoms with Gasteiger partial charge in [0, 0.05) is 19.6 Å². The Morgan fingerprint density at radius 1 is 1.13 bits per heavy atom. The van der Waals surface area contributed by atoms with Gasteiger partial charge in [-0.2, -0.15) is 0 Å². The summed E-state index contributed by atoms with van der Waals surface area (Å²) in [6.45, 7) is 5.60. The van der Waals surface area contributed by atoms with E-state index in [1.165, 1.54) is 7.11 Å². The number of aliphatic hydroxyl groups excluding tert-OH is 3. The fourth-order valence-electron chi connectivity index (χ4n) is 7.74. The molecule has 216 valence electrons. The molecule has 0 aromatic heterocycles. The van der Waals surface area contributed by atoms with Crippen molar-refractivity contribution < 1.29 is 53.3 Å². The van der Waals surface area contributed by atoms with Crippen LogP contribution in [0.15, 0.2) is 23.3 Å². The molecule has 3 N–H and O–H groups in total. The van der Waals surface area contributed by atoms with E-state index in [0.29, 0.717) is 31.3 Å². The SMILES string of the molecule is COC1C(O)C(C)OC(OC2CCC3(C)C(=CC(O)C4C(=O)OC5COC6(C)OC(=O)/C(=C\CC43)C56)C2)C1O. The van der Waals surface area contributed by atoms with E-state index in [-0.39, 0.29) is 18.6 Å². The lowest BCUT2D eigenvalue weighted by Crippen LogP contribution is -2.59. The maximum Gasteiger partial charge on any atom is 0.336 e. The second-order valence-corrected chi connectivity index (χ2v) is 12.2. The molecule has 6 aliphatic rings. The third-order valence-corrected chi connectivity index (χ3v) is 10.0. The summed E-state index contributed by atoms with van der Waals surface area (Å²) < 4.78 is 34.4. The van der Waals surface area contributed by atoms with Crippen LogP contribution in [0.3, 0.4) is 0 Å². The minimum atomic E-state index is -1.17. The third-order valence-electron chi connectivity index (χ3n) is 10.0. The number of allylic oxidation sites excluding steroid dienone is 1. The quantitative estimate of drug-likeness (QED) is 0.337. The molecule has 6 rings (SSSR count). The second-order valence-electron chi connectivity index (χ2n) is 12.2. The van der Waals surface area contributed by atoms with Crippen LogP contribution in [0.5, 0.6) is 0 Å². The average Bonchev–Trinajstić information content (AvgIpc) is 3.34. The number of esters is 2. The van der Waals surface area contributed by atoms with Crippen LogP contribution >= 0.6 is 0 Å². The first-order valence-electron chi connectivity index (χ1n) is 13.8. The van der Waals surface area contributed by atoms with E-state index in [1.54, 1.807) is 19.9 Å². The first-order chi connectivity index (χ1) is 18.5. The standard InChI is InChI=1S/C28H38O11/c1-12-21(30)23(34-4)22(31)26(36-12)37-14-7-8-27(2)13(9-14)10-17(29)19-16(27)6-5-15-20-18(38-25(19)33)11-35-28(20,3)39-24(15)32/h5,10,12,14,16-23,26,29-31H,6-9,11H2,1-4H3/b15-5-. The Morgan fingerprint density at radius 2 is 1.90 bits per heavy atom. The largest absolute Gasteiger partial charge is 0.459 e. The van der Waals surface area contributed by atoms with Gasteiger partial charge in [0.25, 0.3) is 0 Å². The molecule has 11 heteroatoms. The molecular formula is C28H38O11. The molecule has 3 saturated heterocycles. The van der Waals surface area contributed by atoms with Gasteiger partial charge >= 0.3 is 11.9 Å². The predicted octanol–water partition coefficient (Wildman–Crippen LogP) is 0.738. The van der Waals surface area contributed by atoms with Crippen molar-refractivity contribution in [1.29, 1.82) is 0 Å². The van der Waals surface area contributed by atoms with Gasteiger partial charge in [-0.15, -0.1) is 0 Å². The van der Waals surface area contributed by atoms with Crippen LogP contribution in [0.25, 0.3) is 0 Å². The van der Waals surface area contributed by atoms with Crippen molar-refractivity contribution in [3.63, 3.8) is 0 Å². The molecule has 0 radical (unpaired) electrons. The highest BCUT2D eigenvalue weighted by Gasteiger charge is 2.62. The fourth-order valence-corrected chi connectivity index (χ4v) is 7.74. The normalized spacial score (nSPS) is 52.5. The summed E-state index contributed by atoms with van der Waals surface area (Å²) in [5, 5.41) is 32.2. The molecule has 11 nitrogen and oxygen atoms in total. The van der Waals surface area contributed by atoms with E-state index in [9.17, 15) is 24.9 Å². The van der Waals surface area contributed by atoms with Gasteiger partial charge in [-0.1, -0.05) is 24.6 Å². The number of methoxy groups -OCH3 is 1. The van der Waals surface area contributed by atoms with E-state index in [0.717, 1.165) is 5.57 Å².